The summed E-state index contributed by atoms with van der Waals surface area (Å²) >= 11 is 5.82. The highest BCUT2D eigenvalue weighted by molar-refractivity contribution is 6.30. The largest absolute Gasteiger partial charge is 0.354 e. The second-order valence-corrected chi connectivity index (χ2v) is 5.93. The van der Waals surface area contributed by atoms with E-state index in [-0.39, 0.29) is 11.8 Å². The first kappa shape index (κ1) is 18.0. The fraction of sp³-hybridized carbons (Fsp3) is 0.263. The molecular formula is C19H21ClN2O2. The van der Waals surface area contributed by atoms with Crippen LogP contribution in [-0.2, 0) is 22.4 Å². The van der Waals surface area contributed by atoms with Gasteiger partial charge in [-0.1, -0.05) is 54.1 Å². The van der Waals surface area contributed by atoms with Crippen LogP contribution in [0.2, 0.25) is 5.02 Å². The van der Waals surface area contributed by atoms with Gasteiger partial charge in [0.15, 0.2) is 0 Å². The van der Waals surface area contributed by atoms with Crippen molar-refractivity contribution in [3.8, 4) is 0 Å². The van der Waals surface area contributed by atoms with E-state index in [1.807, 2.05) is 54.6 Å². The van der Waals surface area contributed by atoms with Crippen LogP contribution in [0.5, 0.6) is 0 Å². The molecule has 4 nitrogen and oxygen atoms in total. The molecule has 2 N–H and O–H groups in total. The minimum atomic E-state index is -0.0448. The molecule has 0 aliphatic rings. The lowest BCUT2D eigenvalue weighted by Crippen LogP contribution is -2.35. The molecule has 2 aromatic carbocycles. The summed E-state index contributed by atoms with van der Waals surface area (Å²) < 4.78 is 0. The third-order valence-electron chi connectivity index (χ3n) is 3.53. The van der Waals surface area contributed by atoms with Gasteiger partial charge in [0.1, 0.15) is 0 Å². The van der Waals surface area contributed by atoms with E-state index in [9.17, 15) is 9.59 Å². The van der Waals surface area contributed by atoms with Crippen LogP contribution in [0.3, 0.4) is 0 Å². The van der Waals surface area contributed by atoms with Crippen LogP contribution < -0.4 is 10.6 Å². The fourth-order valence-corrected chi connectivity index (χ4v) is 2.37. The van der Waals surface area contributed by atoms with Gasteiger partial charge in [0, 0.05) is 24.5 Å². The lowest BCUT2D eigenvalue weighted by atomic mass is 10.1. The summed E-state index contributed by atoms with van der Waals surface area (Å²) in [6.07, 6.45) is 1.44. The van der Waals surface area contributed by atoms with Gasteiger partial charge in [0.25, 0.3) is 0 Å². The van der Waals surface area contributed by atoms with Gasteiger partial charge in [-0.15, -0.1) is 0 Å². The third kappa shape index (κ3) is 6.84. The van der Waals surface area contributed by atoms with Gasteiger partial charge >= 0.3 is 0 Å². The molecular weight excluding hydrogens is 324 g/mol. The summed E-state index contributed by atoms with van der Waals surface area (Å²) in [4.78, 5) is 23.5. The number of rotatable bonds is 8. The molecule has 0 spiro atoms. The van der Waals surface area contributed by atoms with Crippen LogP contribution in [0.1, 0.15) is 17.5 Å². The molecule has 0 radical (unpaired) electrons. The lowest BCUT2D eigenvalue weighted by molar-refractivity contribution is -0.122. The number of benzene rings is 2. The van der Waals surface area contributed by atoms with Gasteiger partial charge in [-0.2, -0.15) is 0 Å². The van der Waals surface area contributed by atoms with E-state index in [1.54, 1.807) is 0 Å². The lowest BCUT2D eigenvalue weighted by Gasteiger charge is -2.07. The van der Waals surface area contributed by atoms with E-state index in [4.69, 9.17) is 11.6 Å². The minimum absolute atomic E-state index is 0.0257. The average Bonchev–Trinajstić information content (AvgIpc) is 2.59. The first-order valence-electron chi connectivity index (χ1n) is 7.95. The summed E-state index contributed by atoms with van der Waals surface area (Å²) in [6, 6.07) is 17.0. The Labute approximate surface area is 147 Å². The number of nitrogens with one attached hydrogen (secondary N) is 2. The predicted octanol–water partition coefficient (Wildman–Crippen LogP) is 2.75. The summed E-state index contributed by atoms with van der Waals surface area (Å²) in [5.41, 5.74) is 2.05. The quantitative estimate of drug-likeness (QED) is 0.723. The van der Waals surface area contributed by atoms with Crippen molar-refractivity contribution in [2.24, 2.45) is 0 Å². The van der Waals surface area contributed by atoms with Gasteiger partial charge in [0.2, 0.25) is 11.8 Å². The number of carbonyl (C=O) groups excluding carboxylic acids is 2. The number of hydrogen-bond acceptors (Lipinski definition) is 2. The third-order valence-corrected chi connectivity index (χ3v) is 3.78. The van der Waals surface area contributed by atoms with Gasteiger partial charge < -0.3 is 10.6 Å². The van der Waals surface area contributed by atoms with Gasteiger partial charge in [-0.25, -0.2) is 0 Å². The average molecular weight is 345 g/mol. The predicted molar refractivity (Wildman–Crippen MR) is 95.9 cm³/mol. The second-order valence-electron chi connectivity index (χ2n) is 5.49. The number of aryl methyl sites for hydroxylation is 1. The highest BCUT2D eigenvalue weighted by Gasteiger charge is 2.04. The molecule has 2 aromatic rings. The Bertz CT molecular complexity index is 657. The van der Waals surface area contributed by atoms with E-state index in [0.717, 1.165) is 11.1 Å². The van der Waals surface area contributed by atoms with Crippen molar-refractivity contribution < 1.29 is 9.59 Å². The highest BCUT2D eigenvalue weighted by Crippen LogP contribution is 2.10. The first-order chi connectivity index (χ1) is 11.6. The molecule has 0 fully saturated rings. The monoisotopic (exact) mass is 344 g/mol. The summed E-state index contributed by atoms with van der Waals surface area (Å²) in [5.74, 6) is -0.0705. The summed E-state index contributed by atoms with van der Waals surface area (Å²) in [6.45, 7) is 0.859. The van der Waals surface area contributed by atoms with Gasteiger partial charge in [-0.05, 0) is 29.7 Å². The fourth-order valence-electron chi connectivity index (χ4n) is 2.24. The maximum Gasteiger partial charge on any atom is 0.224 e. The van der Waals surface area contributed by atoms with E-state index < -0.39 is 0 Å². The summed E-state index contributed by atoms with van der Waals surface area (Å²) in [5, 5.41) is 6.29. The Morgan fingerprint density at radius 2 is 1.42 bits per heavy atom. The normalized spacial score (nSPS) is 10.2. The van der Waals surface area contributed by atoms with E-state index in [0.29, 0.717) is 37.4 Å². The van der Waals surface area contributed by atoms with Crippen molar-refractivity contribution in [2.45, 2.75) is 19.3 Å². The maximum absolute atomic E-state index is 11.8. The smallest absolute Gasteiger partial charge is 0.224 e. The molecule has 2 rings (SSSR count). The van der Waals surface area contributed by atoms with Gasteiger partial charge in [-0.3, -0.25) is 9.59 Å². The topological polar surface area (TPSA) is 58.2 Å². The van der Waals surface area contributed by atoms with Crippen LogP contribution in [-0.4, -0.2) is 24.9 Å². The van der Waals surface area contributed by atoms with Crippen molar-refractivity contribution in [2.75, 3.05) is 13.1 Å². The zero-order valence-electron chi connectivity index (χ0n) is 13.4. The summed E-state index contributed by atoms with van der Waals surface area (Å²) in [7, 11) is 0. The molecule has 126 valence electrons. The van der Waals surface area contributed by atoms with Gasteiger partial charge in [0.05, 0.1) is 6.42 Å². The molecule has 24 heavy (non-hydrogen) atoms. The maximum atomic E-state index is 11.8. The minimum Gasteiger partial charge on any atom is -0.354 e. The van der Waals surface area contributed by atoms with Crippen molar-refractivity contribution in [1.29, 1.82) is 0 Å². The van der Waals surface area contributed by atoms with Crippen LogP contribution >= 0.6 is 11.6 Å². The molecule has 0 aliphatic heterocycles. The highest BCUT2D eigenvalue weighted by atomic mass is 35.5. The number of amides is 2. The van der Waals surface area contributed by atoms with E-state index >= 15 is 0 Å². The first-order valence-corrected chi connectivity index (χ1v) is 8.33. The Morgan fingerprint density at radius 1 is 0.792 bits per heavy atom. The van der Waals surface area contributed by atoms with Crippen molar-refractivity contribution in [1.82, 2.24) is 10.6 Å². The van der Waals surface area contributed by atoms with E-state index in [1.165, 1.54) is 0 Å². The Kier molecular flexibility index (Phi) is 7.30. The number of hydrogen-bond donors (Lipinski definition) is 2. The molecule has 0 aliphatic carbocycles. The molecule has 5 heteroatoms. The van der Waals surface area contributed by atoms with Crippen molar-refractivity contribution in [3.05, 3.63) is 70.7 Å². The SMILES string of the molecule is O=C(CCc1ccc(Cl)cc1)NCCNC(=O)Cc1ccccc1. The van der Waals surface area contributed by atoms with Crippen LogP contribution in [0, 0.1) is 0 Å². The molecule has 0 aromatic heterocycles. The number of carbonyl (C=O) groups is 2. The molecule has 0 atom stereocenters. The van der Waals surface area contributed by atoms with Crippen LogP contribution in [0.15, 0.2) is 54.6 Å². The molecule has 0 bridgehead atoms. The molecule has 2 amide bonds. The zero-order chi connectivity index (χ0) is 17.2. The molecule has 0 heterocycles. The second kappa shape index (κ2) is 9.73. The zero-order valence-corrected chi connectivity index (χ0v) is 14.2. The van der Waals surface area contributed by atoms with Crippen LogP contribution in [0.25, 0.3) is 0 Å². The van der Waals surface area contributed by atoms with Crippen molar-refractivity contribution >= 4 is 23.4 Å². The Balaban J connectivity index is 1.57. The number of halogens is 1. The molecule has 0 saturated carbocycles. The molecule has 0 saturated heterocycles. The molecule has 0 unspecified atom stereocenters. The van der Waals surface area contributed by atoms with Crippen LogP contribution in [0.4, 0.5) is 0 Å². The van der Waals surface area contributed by atoms with E-state index in [2.05, 4.69) is 10.6 Å². The van der Waals surface area contributed by atoms with Crippen molar-refractivity contribution in [3.63, 3.8) is 0 Å². The Morgan fingerprint density at radius 3 is 2.08 bits per heavy atom. The standard InChI is InChI=1S/C19H21ClN2O2/c20-17-9-6-15(7-10-17)8-11-18(23)21-12-13-22-19(24)14-16-4-2-1-3-5-16/h1-7,9-10H,8,11-14H2,(H,21,23)(H,22,24). The Hall–Kier alpha value is -2.33.